The molecule has 0 bridgehead atoms. The van der Waals surface area contributed by atoms with E-state index in [4.69, 9.17) is 0 Å². The zero-order valence-corrected chi connectivity index (χ0v) is 6.47. The highest BCUT2D eigenvalue weighted by Crippen LogP contribution is 2.07. The number of rotatable bonds is 2. The summed E-state index contributed by atoms with van der Waals surface area (Å²) in [5.74, 6) is 0. The minimum absolute atomic E-state index is 1.05. The predicted octanol–water partition coefficient (Wildman–Crippen LogP) is 1.81. The Morgan fingerprint density at radius 1 is 1.30 bits per heavy atom. The molecular weight excluding hydrogens is 122 g/mol. The van der Waals surface area contributed by atoms with E-state index in [1.165, 1.54) is 32.4 Å². The lowest BCUT2D eigenvalue weighted by Crippen LogP contribution is -2.29. The van der Waals surface area contributed by atoms with Gasteiger partial charge in [-0.05, 0) is 32.0 Å². The third kappa shape index (κ3) is 2.38. The fourth-order valence-electron chi connectivity index (χ4n) is 1.34. The van der Waals surface area contributed by atoms with E-state index in [-0.39, 0.29) is 0 Å². The van der Waals surface area contributed by atoms with Gasteiger partial charge in [0.15, 0.2) is 0 Å². The summed E-state index contributed by atoms with van der Waals surface area (Å²) in [4.78, 5) is 2.45. The summed E-state index contributed by atoms with van der Waals surface area (Å²) in [5.41, 5.74) is 2.80. The average Bonchev–Trinajstić information content (AvgIpc) is 2.03. The van der Waals surface area contributed by atoms with Crippen molar-refractivity contribution in [3.63, 3.8) is 0 Å². The highest BCUT2D eigenvalue weighted by Gasteiger charge is 2.06. The van der Waals surface area contributed by atoms with Gasteiger partial charge in [-0.15, -0.1) is 5.73 Å². The summed E-state index contributed by atoms with van der Waals surface area (Å²) in [7, 11) is 0. The van der Waals surface area contributed by atoms with E-state index in [1.807, 2.05) is 6.08 Å². The van der Waals surface area contributed by atoms with Gasteiger partial charge < -0.3 is 0 Å². The molecule has 1 fully saturated rings. The van der Waals surface area contributed by atoms with Crippen LogP contribution in [0.25, 0.3) is 0 Å². The second-order valence-electron chi connectivity index (χ2n) is 2.77. The Kier molecular flexibility index (Phi) is 3.28. The molecule has 0 spiro atoms. The first kappa shape index (κ1) is 7.59. The van der Waals surface area contributed by atoms with Gasteiger partial charge in [0.25, 0.3) is 0 Å². The fourth-order valence-corrected chi connectivity index (χ4v) is 1.34. The molecule has 10 heavy (non-hydrogen) atoms. The molecule has 1 rings (SSSR count). The Bertz CT molecular complexity index is 128. The van der Waals surface area contributed by atoms with Gasteiger partial charge in [0.2, 0.25) is 0 Å². The lowest BCUT2D eigenvalue weighted by Gasteiger charge is -2.24. The highest BCUT2D eigenvalue weighted by molar-refractivity contribution is 4.81. The van der Waals surface area contributed by atoms with E-state index in [0.717, 1.165) is 6.54 Å². The Labute approximate surface area is 63.0 Å². The summed E-state index contributed by atoms with van der Waals surface area (Å²) in [6, 6.07) is 0. The van der Waals surface area contributed by atoms with Crippen LogP contribution >= 0.6 is 0 Å². The van der Waals surface area contributed by atoms with Crippen molar-refractivity contribution in [1.29, 1.82) is 0 Å². The largest absolute Gasteiger partial charge is 0.299 e. The molecule has 1 heteroatoms. The quantitative estimate of drug-likeness (QED) is 0.525. The minimum Gasteiger partial charge on any atom is -0.299 e. The van der Waals surface area contributed by atoms with Crippen molar-refractivity contribution in [2.45, 2.75) is 19.3 Å². The van der Waals surface area contributed by atoms with Crippen LogP contribution in [0.4, 0.5) is 0 Å². The Hall–Kier alpha value is -0.520. The average molecular weight is 137 g/mol. The summed E-state index contributed by atoms with van der Waals surface area (Å²) in [6.07, 6.45) is 6.15. The smallest absolute Gasteiger partial charge is 0.0238 e. The first-order valence-electron chi connectivity index (χ1n) is 4.00. The van der Waals surface area contributed by atoms with Crippen LogP contribution in [0.5, 0.6) is 0 Å². The lowest BCUT2D eigenvalue weighted by atomic mass is 10.1. The molecule has 1 aliphatic rings. The SMILES string of the molecule is C=C=CCN1CCCCC1. The molecule has 1 heterocycles. The second-order valence-corrected chi connectivity index (χ2v) is 2.77. The minimum atomic E-state index is 1.05. The molecule has 56 valence electrons. The van der Waals surface area contributed by atoms with Gasteiger partial charge in [0, 0.05) is 6.54 Å². The van der Waals surface area contributed by atoms with E-state index in [2.05, 4.69) is 17.2 Å². The normalized spacial score (nSPS) is 20.0. The number of nitrogens with zero attached hydrogens (tertiary/aromatic N) is 1. The van der Waals surface area contributed by atoms with Gasteiger partial charge in [0.05, 0.1) is 0 Å². The van der Waals surface area contributed by atoms with E-state index in [0.29, 0.717) is 0 Å². The fraction of sp³-hybridized carbons (Fsp3) is 0.667. The molecule has 0 aromatic carbocycles. The Morgan fingerprint density at radius 2 is 2.00 bits per heavy atom. The molecule has 1 nitrogen and oxygen atoms in total. The monoisotopic (exact) mass is 137 g/mol. The van der Waals surface area contributed by atoms with Gasteiger partial charge in [-0.3, -0.25) is 4.90 Å². The number of hydrogen-bond donors (Lipinski definition) is 0. The van der Waals surface area contributed by atoms with Gasteiger partial charge in [-0.1, -0.05) is 13.0 Å². The number of likely N-dealkylation sites (tertiary alicyclic amines) is 1. The lowest BCUT2D eigenvalue weighted by molar-refractivity contribution is 0.251. The summed E-state index contributed by atoms with van der Waals surface area (Å²) in [6.45, 7) is 7.11. The maximum absolute atomic E-state index is 3.54. The molecule has 0 aromatic heterocycles. The van der Waals surface area contributed by atoms with E-state index in [9.17, 15) is 0 Å². The van der Waals surface area contributed by atoms with Crippen molar-refractivity contribution in [3.8, 4) is 0 Å². The standard InChI is InChI=1S/C9H15N/c1-2-3-7-10-8-5-4-6-9-10/h3H,1,4-9H2. The van der Waals surface area contributed by atoms with Crippen molar-refractivity contribution in [2.24, 2.45) is 0 Å². The van der Waals surface area contributed by atoms with Crippen molar-refractivity contribution in [3.05, 3.63) is 18.4 Å². The third-order valence-corrected chi connectivity index (χ3v) is 1.94. The van der Waals surface area contributed by atoms with Gasteiger partial charge in [-0.2, -0.15) is 0 Å². The molecule has 0 unspecified atom stereocenters. The second kappa shape index (κ2) is 4.32. The molecule has 0 aromatic rings. The molecule has 0 radical (unpaired) electrons. The molecule has 0 amide bonds. The molecular formula is C9H15N. The molecule has 0 atom stereocenters. The van der Waals surface area contributed by atoms with Crippen LogP contribution in [0.2, 0.25) is 0 Å². The van der Waals surface area contributed by atoms with Gasteiger partial charge in [-0.25, -0.2) is 0 Å². The molecule has 0 N–H and O–H groups in total. The van der Waals surface area contributed by atoms with Crippen LogP contribution < -0.4 is 0 Å². The Balaban J connectivity index is 2.19. The van der Waals surface area contributed by atoms with Crippen molar-refractivity contribution in [2.75, 3.05) is 19.6 Å². The van der Waals surface area contributed by atoms with Crippen LogP contribution in [-0.2, 0) is 0 Å². The van der Waals surface area contributed by atoms with E-state index >= 15 is 0 Å². The van der Waals surface area contributed by atoms with Crippen LogP contribution in [0.3, 0.4) is 0 Å². The predicted molar refractivity (Wildman–Crippen MR) is 44.0 cm³/mol. The first-order chi connectivity index (χ1) is 4.93. The van der Waals surface area contributed by atoms with Gasteiger partial charge in [0.1, 0.15) is 0 Å². The summed E-state index contributed by atoms with van der Waals surface area (Å²) < 4.78 is 0. The first-order valence-corrected chi connectivity index (χ1v) is 4.00. The zero-order valence-electron chi connectivity index (χ0n) is 6.47. The third-order valence-electron chi connectivity index (χ3n) is 1.94. The Morgan fingerprint density at radius 3 is 2.60 bits per heavy atom. The molecule has 0 aliphatic carbocycles. The maximum Gasteiger partial charge on any atom is 0.0238 e. The summed E-state index contributed by atoms with van der Waals surface area (Å²) in [5, 5.41) is 0. The molecule has 1 aliphatic heterocycles. The van der Waals surface area contributed by atoms with Crippen LogP contribution in [0.15, 0.2) is 18.4 Å². The topological polar surface area (TPSA) is 3.24 Å². The van der Waals surface area contributed by atoms with Crippen molar-refractivity contribution in [1.82, 2.24) is 4.90 Å². The summed E-state index contributed by atoms with van der Waals surface area (Å²) >= 11 is 0. The van der Waals surface area contributed by atoms with Crippen LogP contribution in [-0.4, -0.2) is 24.5 Å². The number of piperidine rings is 1. The zero-order chi connectivity index (χ0) is 7.23. The van der Waals surface area contributed by atoms with Crippen molar-refractivity contribution < 1.29 is 0 Å². The molecule has 0 saturated carbocycles. The van der Waals surface area contributed by atoms with Crippen LogP contribution in [0, 0.1) is 0 Å². The highest BCUT2D eigenvalue weighted by atomic mass is 15.1. The van der Waals surface area contributed by atoms with Crippen LogP contribution in [0.1, 0.15) is 19.3 Å². The maximum atomic E-state index is 3.54. The van der Waals surface area contributed by atoms with Gasteiger partial charge >= 0.3 is 0 Å². The van der Waals surface area contributed by atoms with E-state index < -0.39 is 0 Å². The number of hydrogen-bond acceptors (Lipinski definition) is 1. The molecule has 1 saturated heterocycles. The van der Waals surface area contributed by atoms with Crippen molar-refractivity contribution >= 4 is 0 Å². The van der Waals surface area contributed by atoms with E-state index in [1.54, 1.807) is 0 Å².